The number of nitrogens with one attached hydrogen (secondary N) is 2. The van der Waals surface area contributed by atoms with Crippen molar-refractivity contribution in [1.82, 2.24) is 10.3 Å². The molecule has 7 nitrogen and oxygen atoms in total. The second-order valence-corrected chi connectivity index (χ2v) is 7.86. The van der Waals surface area contributed by atoms with E-state index < -0.39 is 0 Å². The van der Waals surface area contributed by atoms with Crippen LogP contribution in [0.15, 0.2) is 53.5 Å². The SMILES string of the molecule is CN[C@H]1CCc2cc(OC)c(OC)c(OC)c2-c2ccc(NCc3ccccn3)c(=O)cc21. The van der Waals surface area contributed by atoms with Crippen molar-refractivity contribution < 1.29 is 14.2 Å². The molecule has 0 aliphatic heterocycles. The highest BCUT2D eigenvalue weighted by atomic mass is 16.5. The van der Waals surface area contributed by atoms with Crippen molar-refractivity contribution in [3.05, 3.63) is 75.7 Å². The maximum Gasteiger partial charge on any atom is 0.203 e. The largest absolute Gasteiger partial charge is 0.493 e. The number of methoxy groups -OCH3 is 3. The van der Waals surface area contributed by atoms with E-state index in [1.165, 1.54) is 0 Å². The van der Waals surface area contributed by atoms with Gasteiger partial charge >= 0.3 is 0 Å². The first-order valence-electron chi connectivity index (χ1n) is 10.9. The van der Waals surface area contributed by atoms with Crippen LogP contribution in [0, 0.1) is 0 Å². The molecular weight excluding hydrogens is 418 g/mol. The van der Waals surface area contributed by atoms with E-state index in [0.29, 0.717) is 29.5 Å². The third kappa shape index (κ3) is 4.36. The van der Waals surface area contributed by atoms with E-state index in [1.54, 1.807) is 33.6 Å². The van der Waals surface area contributed by atoms with Crippen molar-refractivity contribution in [2.24, 2.45) is 0 Å². The molecule has 0 saturated heterocycles. The summed E-state index contributed by atoms with van der Waals surface area (Å²) in [6.07, 6.45) is 3.37. The molecule has 1 heterocycles. The van der Waals surface area contributed by atoms with Crippen LogP contribution in [-0.2, 0) is 13.0 Å². The molecule has 1 aromatic heterocycles. The predicted molar refractivity (Wildman–Crippen MR) is 129 cm³/mol. The van der Waals surface area contributed by atoms with Crippen LogP contribution in [-0.4, -0.2) is 33.4 Å². The molecule has 4 rings (SSSR count). The maximum absolute atomic E-state index is 13.2. The summed E-state index contributed by atoms with van der Waals surface area (Å²) < 4.78 is 17.0. The molecule has 3 aromatic rings. The zero-order chi connectivity index (χ0) is 23.4. The van der Waals surface area contributed by atoms with Crippen LogP contribution in [0.2, 0.25) is 0 Å². The molecule has 0 spiro atoms. The highest BCUT2D eigenvalue weighted by molar-refractivity contribution is 5.83. The van der Waals surface area contributed by atoms with Gasteiger partial charge in [-0.3, -0.25) is 9.78 Å². The van der Waals surface area contributed by atoms with Crippen molar-refractivity contribution in [3.63, 3.8) is 0 Å². The van der Waals surface area contributed by atoms with Gasteiger partial charge in [0.25, 0.3) is 0 Å². The summed E-state index contributed by atoms with van der Waals surface area (Å²) in [5.74, 6) is 1.77. The van der Waals surface area contributed by atoms with Gasteiger partial charge in [0.2, 0.25) is 11.2 Å². The van der Waals surface area contributed by atoms with Gasteiger partial charge in [-0.05, 0) is 66.9 Å². The van der Waals surface area contributed by atoms with E-state index in [2.05, 4.69) is 15.6 Å². The van der Waals surface area contributed by atoms with Gasteiger partial charge in [0.1, 0.15) is 0 Å². The predicted octanol–water partition coefficient (Wildman–Crippen LogP) is 3.95. The van der Waals surface area contributed by atoms with E-state index in [0.717, 1.165) is 40.8 Å². The minimum absolute atomic E-state index is 0.0119. The molecule has 2 N–H and O–H groups in total. The molecule has 1 atom stereocenters. The van der Waals surface area contributed by atoms with Gasteiger partial charge in [-0.2, -0.15) is 0 Å². The average molecular weight is 448 g/mol. The van der Waals surface area contributed by atoms with Crippen LogP contribution < -0.4 is 30.3 Å². The lowest BCUT2D eigenvalue weighted by molar-refractivity contribution is 0.324. The topological polar surface area (TPSA) is 81.7 Å². The van der Waals surface area contributed by atoms with Gasteiger partial charge < -0.3 is 24.8 Å². The number of hydrogen-bond donors (Lipinski definition) is 2. The lowest BCUT2D eigenvalue weighted by Crippen LogP contribution is -2.18. The molecule has 0 unspecified atom stereocenters. The smallest absolute Gasteiger partial charge is 0.203 e. The molecule has 0 fully saturated rings. The molecule has 33 heavy (non-hydrogen) atoms. The molecule has 0 radical (unpaired) electrons. The standard InChI is InChI=1S/C26H29N3O4/c1-27-20-10-8-16-13-23(31-2)25(32-3)26(33-4)24(16)18-9-11-21(22(30)14-19(18)20)29-15-17-7-5-6-12-28-17/h5-7,9,11-14,20,27H,8,10,15H2,1-4H3,(H,29,30)/t20-/m0/s1. The Morgan fingerprint density at radius 1 is 1.03 bits per heavy atom. The molecule has 2 aromatic carbocycles. The first kappa shape index (κ1) is 22.6. The molecule has 1 aliphatic carbocycles. The number of rotatable bonds is 7. The fourth-order valence-electron chi connectivity index (χ4n) is 4.45. The third-order valence-corrected chi connectivity index (χ3v) is 6.07. The maximum atomic E-state index is 13.2. The van der Waals surface area contributed by atoms with Gasteiger partial charge in [-0.25, -0.2) is 0 Å². The summed E-state index contributed by atoms with van der Waals surface area (Å²) >= 11 is 0. The van der Waals surface area contributed by atoms with Gasteiger partial charge in [-0.15, -0.1) is 0 Å². The highest BCUT2D eigenvalue weighted by Crippen LogP contribution is 2.50. The van der Waals surface area contributed by atoms with Crippen LogP contribution in [0.25, 0.3) is 11.1 Å². The molecule has 0 amide bonds. The number of nitrogens with zero attached hydrogens (tertiary/aromatic N) is 1. The monoisotopic (exact) mass is 447 g/mol. The summed E-state index contributed by atoms with van der Waals surface area (Å²) in [5.41, 5.74) is 5.18. The van der Waals surface area contributed by atoms with Crippen LogP contribution in [0.4, 0.5) is 5.69 Å². The Hall–Kier alpha value is -3.58. The number of ether oxygens (including phenoxy) is 3. The lowest BCUT2D eigenvalue weighted by Gasteiger charge is -2.19. The van der Waals surface area contributed by atoms with Crippen LogP contribution in [0.3, 0.4) is 0 Å². The second-order valence-electron chi connectivity index (χ2n) is 7.86. The lowest BCUT2D eigenvalue weighted by atomic mass is 9.95. The Morgan fingerprint density at radius 2 is 1.85 bits per heavy atom. The van der Waals surface area contributed by atoms with E-state index in [1.807, 2.05) is 43.4 Å². The Labute approximate surface area is 193 Å². The van der Waals surface area contributed by atoms with Gasteiger partial charge in [0.15, 0.2) is 11.5 Å². The Bertz CT molecular complexity index is 1200. The average Bonchev–Trinajstić information content (AvgIpc) is 3.09. The first-order valence-corrected chi connectivity index (χ1v) is 10.9. The molecule has 0 bridgehead atoms. The van der Waals surface area contributed by atoms with Crippen molar-refractivity contribution in [1.29, 1.82) is 0 Å². The van der Waals surface area contributed by atoms with Gasteiger partial charge in [0, 0.05) is 17.8 Å². The second kappa shape index (κ2) is 9.92. The Morgan fingerprint density at radius 3 is 2.52 bits per heavy atom. The van der Waals surface area contributed by atoms with E-state index >= 15 is 0 Å². The summed E-state index contributed by atoms with van der Waals surface area (Å²) in [6, 6.07) is 13.3. The molecule has 1 aliphatic rings. The van der Waals surface area contributed by atoms with E-state index in [4.69, 9.17) is 14.2 Å². The number of aryl methyl sites for hydroxylation is 1. The van der Waals surface area contributed by atoms with Crippen molar-refractivity contribution in [3.8, 4) is 28.4 Å². The third-order valence-electron chi connectivity index (χ3n) is 6.07. The van der Waals surface area contributed by atoms with Crippen LogP contribution in [0.5, 0.6) is 17.2 Å². The molecular formula is C26H29N3O4. The Balaban J connectivity index is 1.89. The highest BCUT2D eigenvalue weighted by Gasteiger charge is 2.28. The number of anilines is 1. The normalized spacial score (nSPS) is 14.5. The molecule has 7 heteroatoms. The first-order chi connectivity index (χ1) is 16.1. The number of pyridine rings is 1. The number of hydrogen-bond acceptors (Lipinski definition) is 7. The summed E-state index contributed by atoms with van der Waals surface area (Å²) in [5, 5.41) is 6.62. The summed E-state index contributed by atoms with van der Waals surface area (Å²) in [7, 11) is 6.76. The minimum atomic E-state index is -0.0738. The molecule has 172 valence electrons. The fraction of sp³-hybridized carbons (Fsp3) is 0.308. The van der Waals surface area contributed by atoms with Crippen molar-refractivity contribution >= 4 is 5.69 Å². The summed E-state index contributed by atoms with van der Waals surface area (Å²) in [6.45, 7) is 0.463. The number of fused-ring (bicyclic) bond motifs is 3. The van der Waals surface area contributed by atoms with Crippen molar-refractivity contribution in [2.45, 2.75) is 25.4 Å². The number of benzene rings is 1. The zero-order valence-electron chi connectivity index (χ0n) is 19.4. The minimum Gasteiger partial charge on any atom is -0.493 e. The summed E-state index contributed by atoms with van der Waals surface area (Å²) in [4.78, 5) is 17.5. The van der Waals surface area contributed by atoms with Gasteiger partial charge in [0.05, 0.1) is 39.3 Å². The number of aromatic nitrogens is 1. The van der Waals surface area contributed by atoms with Gasteiger partial charge in [-0.1, -0.05) is 12.1 Å². The molecule has 0 saturated carbocycles. The van der Waals surface area contributed by atoms with Crippen LogP contribution in [0.1, 0.15) is 29.3 Å². The fourth-order valence-corrected chi connectivity index (χ4v) is 4.45. The van der Waals surface area contributed by atoms with E-state index in [-0.39, 0.29) is 11.5 Å². The van der Waals surface area contributed by atoms with Crippen LogP contribution >= 0.6 is 0 Å². The van der Waals surface area contributed by atoms with Crippen molar-refractivity contribution in [2.75, 3.05) is 33.7 Å². The van der Waals surface area contributed by atoms with E-state index in [9.17, 15) is 4.79 Å². The quantitative estimate of drug-likeness (QED) is 0.567. The zero-order valence-corrected chi connectivity index (χ0v) is 19.4. The Kier molecular flexibility index (Phi) is 6.79.